The van der Waals surface area contributed by atoms with Crippen molar-refractivity contribution >= 4 is 17.5 Å². The van der Waals surface area contributed by atoms with E-state index < -0.39 is 6.09 Å². The van der Waals surface area contributed by atoms with Crippen LogP contribution in [0.4, 0.5) is 10.5 Å². The Bertz CT molecular complexity index is 990. The number of nitrogens with zero attached hydrogens (tertiary/aromatic N) is 1. The Morgan fingerprint density at radius 1 is 1.28 bits per heavy atom. The molecule has 170 valence electrons. The van der Waals surface area contributed by atoms with Gasteiger partial charge in [0.05, 0.1) is 24.9 Å². The van der Waals surface area contributed by atoms with E-state index in [0.29, 0.717) is 28.3 Å². The summed E-state index contributed by atoms with van der Waals surface area (Å²) in [5.74, 6) is 0.946. The third-order valence-electron chi connectivity index (χ3n) is 5.39. The fourth-order valence-corrected chi connectivity index (χ4v) is 3.73. The summed E-state index contributed by atoms with van der Waals surface area (Å²) in [5, 5.41) is 15.0. The van der Waals surface area contributed by atoms with Crippen LogP contribution in [0.25, 0.3) is 0 Å². The SMILES string of the molecule is COc1ncc2cc1COC(=O)NCC(C)Oc1ccc(NC3CCCCO3)c(c1)C2=N. The number of amides is 1. The van der Waals surface area contributed by atoms with Gasteiger partial charge in [-0.2, -0.15) is 0 Å². The van der Waals surface area contributed by atoms with Gasteiger partial charge in [0.15, 0.2) is 0 Å². The summed E-state index contributed by atoms with van der Waals surface area (Å²) in [5.41, 5.74) is 2.87. The highest BCUT2D eigenvalue weighted by molar-refractivity contribution is 6.14. The van der Waals surface area contributed by atoms with Crippen LogP contribution in [0.3, 0.4) is 0 Å². The number of fused-ring (bicyclic) bond motifs is 4. The minimum Gasteiger partial charge on any atom is -0.489 e. The van der Waals surface area contributed by atoms with Crippen molar-refractivity contribution in [2.24, 2.45) is 0 Å². The van der Waals surface area contributed by atoms with Crippen molar-refractivity contribution in [2.45, 2.75) is 45.1 Å². The lowest BCUT2D eigenvalue weighted by atomic mass is 10.00. The van der Waals surface area contributed by atoms with Crippen LogP contribution in [-0.2, 0) is 16.1 Å². The van der Waals surface area contributed by atoms with E-state index in [-0.39, 0.29) is 31.2 Å². The maximum Gasteiger partial charge on any atom is 0.407 e. The van der Waals surface area contributed by atoms with E-state index in [1.54, 1.807) is 12.3 Å². The first kappa shape index (κ1) is 21.9. The second-order valence-electron chi connectivity index (χ2n) is 7.86. The summed E-state index contributed by atoms with van der Waals surface area (Å²) in [6.45, 7) is 2.83. The quantitative estimate of drug-likeness (QED) is 0.670. The van der Waals surface area contributed by atoms with Crippen molar-refractivity contribution in [2.75, 3.05) is 25.6 Å². The average Bonchev–Trinajstić information content (AvgIpc) is 2.82. The zero-order chi connectivity index (χ0) is 22.5. The van der Waals surface area contributed by atoms with E-state index in [2.05, 4.69) is 15.6 Å². The van der Waals surface area contributed by atoms with Crippen molar-refractivity contribution in [1.29, 1.82) is 5.41 Å². The number of hydrogen-bond acceptors (Lipinski definition) is 8. The zero-order valence-corrected chi connectivity index (χ0v) is 18.3. The van der Waals surface area contributed by atoms with Gasteiger partial charge in [-0.3, -0.25) is 5.41 Å². The average molecular weight is 441 g/mol. The van der Waals surface area contributed by atoms with Gasteiger partial charge in [-0.15, -0.1) is 0 Å². The molecule has 9 nitrogen and oxygen atoms in total. The monoisotopic (exact) mass is 440 g/mol. The number of aromatic nitrogens is 1. The molecule has 0 spiro atoms. The molecule has 1 fully saturated rings. The number of carbonyl (C=O) groups excluding carboxylic acids is 1. The Balaban J connectivity index is 1.73. The standard InChI is InChI=1S/C23H28N4O5/c1-14-11-26-23(28)31-13-16-9-15(12-25-22(16)29-2)21(24)18-10-17(32-14)6-7-19(18)27-20-5-3-4-8-30-20/h6-7,9-10,12,14,20,24,27H,3-5,8,11,13H2,1-2H3,(H,26,28). The molecule has 1 saturated heterocycles. The second kappa shape index (κ2) is 9.86. The summed E-state index contributed by atoms with van der Waals surface area (Å²) >= 11 is 0. The summed E-state index contributed by atoms with van der Waals surface area (Å²) in [7, 11) is 1.50. The van der Waals surface area contributed by atoms with E-state index in [1.807, 2.05) is 25.1 Å². The molecular weight excluding hydrogens is 412 g/mol. The molecule has 32 heavy (non-hydrogen) atoms. The Labute approximate surface area is 186 Å². The van der Waals surface area contributed by atoms with E-state index in [9.17, 15) is 4.79 Å². The van der Waals surface area contributed by atoms with Crippen LogP contribution in [0.2, 0.25) is 0 Å². The molecule has 1 aromatic heterocycles. The first-order chi connectivity index (χ1) is 15.5. The van der Waals surface area contributed by atoms with Gasteiger partial charge in [-0.25, -0.2) is 9.78 Å². The second-order valence-corrected chi connectivity index (χ2v) is 7.86. The zero-order valence-electron chi connectivity index (χ0n) is 18.3. The number of rotatable bonds is 3. The minimum atomic E-state index is -0.562. The highest BCUT2D eigenvalue weighted by atomic mass is 16.6. The lowest BCUT2D eigenvalue weighted by molar-refractivity contribution is 0.0343. The van der Waals surface area contributed by atoms with Gasteiger partial charge in [-0.05, 0) is 50.5 Å². The molecule has 4 bridgehead atoms. The lowest BCUT2D eigenvalue weighted by Gasteiger charge is -2.26. The molecule has 0 radical (unpaired) electrons. The van der Waals surface area contributed by atoms with Crippen LogP contribution in [0.1, 0.15) is 42.9 Å². The molecule has 3 N–H and O–H groups in total. The molecule has 0 saturated carbocycles. The predicted molar refractivity (Wildman–Crippen MR) is 119 cm³/mol. The Kier molecular flexibility index (Phi) is 6.75. The van der Waals surface area contributed by atoms with Crippen LogP contribution in [-0.4, -0.2) is 49.4 Å². The molecule has 3 heterocycles. The molecule has 2 aliphatic rings. The number of alkyl carbamates (subject to hydrolysis) is 1. The summed E-state index contributed by atoms with van der Waals surface area (Å²) in [4.78, 5) is 16.4. The van der Waals surface area contributed by atoms with Crippen molar-refractivity contribution in [3.63, 3.8) is 0 Å². The number of anilines is 1. The van der Waals surface area contributed by atoms with Crippen LogP contribution in [0, 0.1) is 5.41 Å². The van der Waals surface area contributed by atoms with E-state index in [0.717, 1.165) is 31.6 Å². The van der Waals surface area contributed by atoms with Crippen LogP contribution in [0.5, 0.6) is 11.6 Å². The number of nitrogens with one attached hydrogen (secondary N) is 3. The van der Waals surface area contributed by atoms with Gasteiger partial charge in [0.25, 0.3) is 0 Å². The van der Waals surface area contributed by atoms with E-state index >= 15 is 0 Å². The smallest absolute Gasteiger partial charge is 0.407 e. The number of ether oxygens (including phenoxy) is 4. The van der Waals surface area contributed by atoms with Crippen molar-refractivity contribution < 1.29 is 23.7 Å². The third kappa shape index (κ3) is 5.11. The summed E-state index contributed by atoms with van der Waals surface area (Å²) < 4.78 is 22.4. The topological polar surface area (TPSA) is 115 Å². The number of hydrogen-bond donors (Lipinski definition) is 3. The predicted octanol–water partition coefficient (Wildman–Crippen LogP) is 3.45. The largest absolute Gasteiger partial charge is 0.489 e. The van der Waals surface area contributed by atoms with Gasteiger partial charge in [0, 0.05) is 29.6 Å². The molecule has 4 rings (SSSR count). The summed E-state index contributed by atoms with van der Waals surface area (Å²) in [6, 6.07) is 7.33. The van der Waals surface area contributed by atoms with Crippen molar-refractivity contribution in [3.8, 4) is 11.6 Å². The van der Waals surface area contributed by atoms with E-state index in [4.69, 9.17) is 24.4 Å². The van der Waals surface area contributed by atoms with Gasteiger partial charge in [-0.1, -0.05) is 0 Å². The Morgan fingerprint density at radius 3 is 2.94 bits per heavy atom. The molecular formula is C23H28N4O5. The lowest BCUT2D eigenvalue weighted by Crippen LogP contribution is -2.34. The van der Waals surface area contributed by atoms with Crippen LogP contribution >= 0.6 is 0 Å². The summed E-state index contributed by atoms with van der Waals surface area (Å²) in [6.07, 6.45) is 3.70. The third-order valence-corrected chi connectivity index (χ3v) is 5.39. The molecule has 2 aliphatic heterocycles. The molecule has 2 aromatic rings. The fraction of sp³-hybridized carbons (Fsp3) is 0.435. The number of pyridine rings is 1. The van der Waals surface area contributed by atoms with Gasteiger partial charge in [0.2, 0.25) is 5.88 Å². The number of cyclic esters (lactones) is 1. The number of benzene rings is 1. The number of methoxy groups -OCH3 is 1. The highest BCUT2D eigenvalue weighted by Gasteiger charge is 2.20. The Morgan fingerprint density at radius 2 is 2.16 bits per heavy atom. The number of carbonyl (C=O) groups is 1. The van der Waals surface area contributed by atoms with Gasteiger partial charge >= 0.3 is 6.09 Å². The molecule has 2 unspecified atom stereocenters. The molecule has 2 atom stereocenters. The minimum absolute atomic E-state index is 0.0283. The van der Waals surface area contributed by atoms with Gasteiger partial charge < -0.3 is 29.6 Å². The first-order valence-electron chi connectivity index (χ1n) is 10.7. The van der Waals surface area contributed by atoms with Crippen LogP contribution < -0.4 is 20.1 Å². The highest BCUT2D eigenvalue weighted by Crippen LogP contribution is 2.29. The van der Waals surface area contributed by atoms with Crippen LogP contribution in [0.15, 0.2) is 30.5 Å². The van der Waals surface area contributed by atoms with E-state index in [1.165, 1.54) is 7.11 Å². The molecule has 9 heteroatoms. The molecule has 0 aliphatic carbocycles. The first-order valence-corrected chi connectivity index (χ1v) is 10.7. The fourth-order valence-electron chi connectivity index (χ4n) is 3.73. The maximum absolute atomic E-state index is 12.1. The van der Waals surface area contributed by atoms with Crippen molar-refractivity contribution in [1.82, 2.24) is 10.3 Å². The Hall–Kier alpha value is -3.33. The normalized spacial score (nSPS) is 21.4. The van der Waals surface area contributed by atoms with Gasteiger partial charge in [0.1, 0.15) is 24.7 Å². The van der Waals surface area contributed by atoms with Crippen molar-refractivity contribution in [3.05, 3.63) is 47.2 Å². The maximum atomic E-state index is 12.1. The molecule has 1 aromatic carbocycles. The molecule has 1 amide bonds.